The van der Waals surface area contributed by atoms with E-state index in [-0.39, 0.29) is 12.0 Å². The average Bonchev–Trinajstić information content (AvgIpc) is 3.25. The molecular weight excluding hydrogens is 498 g/mol. The molecule has 5 rings (SSSR count). The SMILES string of the molecule is Cc1c(C#C[Si](C)(C)C)cc(CN2CCN(C(=O)OCC3c4ccccc4-c4ccccc43)CC2)c(C)c1N. The Hall–Kier alpha value is -3.53. The minimum Gasteiger partial charge on any atom is -0.448 e. The average molecular weight is 538 g/mol. The molecule has 2 aliphatic rings. The van der Waals surface area contributed by atoms with Gasteiger partial charge in [-0.15, -0.1) is 5.54 Å². The zero-order chi connectivity index (χ0) is 27.7. The van der Waals surface area contributed by atoms with Gasteiger partial charge in [-0.2, -0.15) is 0 Å². The van der Waals surface area contributed by atoms with Crippen LogP contribution in [-0.4, -0.2) is 56.8 Å². The summed E-state index contributed by atoms with van der Waals surface area (Å²) in [4.78, 5) is 17.3. The van der Waals surface area contributed by atoms with Crippen molar-refractivity contribution in [3.8, 4) is 22.6 Å². The zero-order valence-corrected chi connectivity index (χ0v) is 24.8. The number of nitrogens with zero attached hydrogens (tertiary/aromatic N) is 2. The van der Waals surface area contributed by atoms with Gasteiger partial charge in [0.15, 0.2) is 0 Å². The predicted octanol–water partition coefficient (Wildman–Crippen LogP) is 6.18. The van der Waals surface area contributed by atoms with Gasteiger partial charge in [0.25, 0.3) is 0 Å². The van der Waals surface area contributed by atoms with E-state index in [2.05, 4.69) is 104 Å². The molecule has 2 N–H and O–H groups in total. The van der Waals surface area contributed by atoms with Gasteiger partial charge in [0.1, 0.15) is 14.7 Å². The van der Waals surface area contributed by atoms with E-state index in [0.717, 1.165) is 42.0 Å². The van der Waals surface area contributed by atoms with Crippen LogP contribution in [0.1, 0.15) is 39.3 Å². The topological polar surface area (TPSA) is 58.8 Å². The van der Waals surface area contributed by atoms with Crippen molar-refractivity contribution in [2.45, 2.75) is 46.0 Å². The Labute approximate surface area is 234 Å². The van der Waals surface area contributed by atoms with Crippen molar-refractivity contribution in [1.29, 1.82) is 0 Å². The van der Waals surface area contributed by atoms with E-state index in [0.29, 0.717) is 19.7 Å². The van der Waals surface area contributed by atoms with Crippen LogP contribution in [0, 0.1) is 25.3 Å². The number of carbonyl (C=O) groups excluding carboxylic acids is 1. The molecule has 1 fully saturated rings. The van der Waals surface area contributed by atoms with E-state index in [9.17, 15) is 4.79 Å². The van der Waals surface area contributed by atoms with E-state index in [4.69, 9.17) is 10.5 Å². The van der Waals surface area contributed by atoms with Gasteiger partial charge < -0.3 is 15.4 Å². The van der Waals surface area contributed by atoms with Crippen LogP contribution in [0.2, 0.25) is 19.6 Å². The lowest BCUT2D eigenvalue weighted by Crippen LogP contribution is -2.48. The summed E-state index contributed by atoms with van der Waals surface area (Å²) in [6, 6.07) is 19.1. The summed E-state index contributed by atoms with van der Waals surface area (Å²) in [5.41, 5.74) is 20.2. The Kier molecular flexibility index (Phi) is 7.57. The lowest BCUT2D eigenvalue weighted by Gasteiger charge is -2.34. The number of anilines is 1. The molecule has 1 aliphatic carbocycles. The second kappa shape index (κ2) is 10.9. The number of nitrogen functional groups attached to an aromatic ring is 1. The van der Waals surface area contributed by atoms with Gasteiger partial charge in [-0.25, -0.2) is 4.79 Å². The second-order valence-corrected chi connectivity index (χ2v) is 16.6. The third kappa shape index (κ3) is 5.75. The molecule has 0 radical (unpaired) electrons. The van der Waals surface area contributed by atoms with Crippen molar-refractivity contribution in [3.05, 3.63) is 88.0 Å². The van der Waals surface area contributed by atoms with Crippen LogP contribution >= 0.6 is 0 Å². The number of ether oxygens (including phenoxy) is 1. The summed E-state index contributed by atoms with van der Waals surface area (Å²) in [6.07, 6.45) is -0.226. The first-order chi connectivity index (χ1) is 18.6. The molecule has 39 heavy (non-hydrogen) atoms. The van der Waals surface area contributed by atoms with Crippen LogP contribution in [-0.2, 0) is 11.3 Å². The molecule has 0 bridgehead atoms. The number of fused-ring (bicyclic) bond motifs is 3. The predicted molar refractivity (Wildman–Crippen MR) is 162 cm³/mol. The van der Waals surface area contributed by atoms with Crippen molar-refractivity contribution >= 4 is 19.9 Å². The van der Waals surface area contributed by atoms with Gasteiger partial charge in [-0.1, -0.05) is 74.1 Å². The van der Waals surface area contributed by atoms with Crippen LogP contribution in [0.5, 0.6) is 0 Å². The van der Waals surface area contributed by atoms with E-state index in [1.807, 2.05) is 4.90 Å². The molecule has 1 saturated heterocycles. The van der Waals surface area contributed by atoms with Crippen molar-refractivity contribution < 1.29 is 9.53 Å². The van der Waals surface area contributed by atoms with E-state index in [1.165, 1.54) is 27.8 Å². The van der Waals surface area contributed by atoms with Crippen molar-refractivity contribution in [2.24, 2.45) is 0 Å². The molecule has 202 valence electrons. The molecule has 0 unspecified atom stereocenters. The zero-order valence-electron chi connectivity index (χ0n) is 23.8. The Morgan fingerprint density at radius 1 is 0.949 bits per heavy atom. The van der Waals surface area contributed by atoms with Crippen LogP contribution in [0.15, 0.2) is 54.6 Å². The smallest absolute Gasteiger partial charge is 0.409 e. The number of benzene rings is 3. The summed E-state index contributed by atoms with van der Waals surface area (Å²) in [5.74, 6) is 3.49. The summed E-state index contributed by atoms with van der Waals surface area (Å²) >= 11 is 0. The normalized spacial score (nSPS) is 15.4. The standard InChI is InChI=1S/C33H39N3O2Si/c1-23-25(14-19-39(3,4)5)20-26(24(2)32(23)34)21-35-15-17-36(18-16-35)33(37)38-22-31-29-12-8-6-10-27(29)28-11-7-9-13-30(28)31/h6-13,20,31H,15-18,21-22,34H2,1-5H3. The number of amides is 1. The van der Waals surface area contributed by atoms with E-state index < -0.39 is 8.07 Å². The third-order valence-electron chi connectivity index (χ3n) is 7.94. The van der Waals surface area contributed by atoms with Crippen molar-refractivity contribution in [1.82, 2.24) is 9.80 Å². The number of nitrogens with two attached hydrogens (primary N) is 1. The van der Waals surface area contributed by atoms with Crippen molar-refractivity contribution in [3.63, 3.8) is 0 Å². The quantitative estimate of drug-likeness (QED) is 0.245. The molecule has 0 spiro atoms. The highest BCUT2D eigenvalue weighted by atomic mass is 28.3. The maximum atomic E-state index is 13.0. The molecule has 3 aromatic rings. The maximum Gasteiger partial charge on any atom is 0.409 e. The van der Waals surface area contributed by atoms with Gasteiger partial charge in [0.05, 0.1) is 0 Å². The molecule has 0 atom stereocenters. The number of carbonyl (C=O) groups is 1. The summed E-state index contributed by atoms with van der Waals surface area (Å²) in [6.45, 7) is 15.0. The Morgan fingerprint density at radius 3 is 2.13 bits per heavy atom. The molecule has 3 aromatic carbocycles. The molecule has 5 nitrogen and oxygen atoms in total. The fraction of sp³-hybridized carbons (Fsp3) is 0.364. The van der Waals surface area contributed by atoms with E-state index in [1.54, 1.807) is 0 Å². The third-order valence-corrected chi connectivity index (χ3v) is 8.82. The molecule has 1 amide bonds. The number of hydrogen-bond donors (Lipinski definition) is 1. The van der Waals surface area contributed by atoms with Crippen LogP contribution < -0.4 is 5.73 Å². The molecule has 6 heteroatoms. The summed E-state index contributed by atoms with van der Waals surface area (Å²) in [7, 11) is -1.48. The molecule has 0 aromatic heterocycles. The second-order valence-electron chi connectivity index (χ2n) is 11.8. The van der Waals surface area contributed by atoms with Crippen molar-refractivity contribution in [2.75, 3.05) is 38.5 Å². The molecule has 1 aliphatic heterocycles. The van der Waals surface area contributed by atoms with Crippen LogP contribution in [0.3, 0.4) is 0 Å². The Bertz CT molecular complexity index is 1410. The maximum absolute atomic E-state index is 13.0. The van der Waals surface area contributed by atoms with Crippen LogP contribution in [0.25, 0.3) is 11.1 Å². The van der Waals surface area contributed by atoms with Gasteiger partial charge in [-0.05, 0) is 58.9 Å². The first-order valence-electron chi connectivity index (χ1n) is 13.9. The molecular formula is C33H39N3O2Si. The summed E-state index contributed by atoms with van der Waals surface area (Å²) < 4.78 is 5.89. The monoisotopic (exact) mass is 537 g/mol. The first kappa shape index (κ1) is 27.0. The lowest BCUT2D eigenvalue weighted by atomic mass is 9.97. The highest BCUT2D eigenvalue weighted by molar-refractivity contribution is 6.83. The first-order valence-corrected chi connectivity index (χ1v) is 17.4. The lowest BCUT2D eigenvalue weighted by molar-refractivity contribution is 0.0728. The Morgan fingerprint density at radius 2 is 1.54 bits per heavy atom. The van der Waals surface area contributed by atoms with E-state index >= 15 is 0 Å². The molecule has 1 heterocycles. The minimum atomic E-state index is -1.48. The minimum absolute atomic E-state index is 0.0795. The van der Waals surface area contributed by atoms with Crippen LogP contribution in [0.4, 0.5) is 10.5 Å². The fourth-order valence-corrected chi connectivity index (χ4v) is 6.06. The van der Waals surface area contributed by atoms with Gasteiger partial charge in [0.2, 0.25) is 0 Å². The number of rotatable bonds is 4. The highest BCUT2D eigenvalue weighted by Gasteiger charge is 2.30. The number of piperazine rings is 1. The highest BCUT2D eigenvalue weighted by Crippen LogP contribution is 2.44. The largest absolute Gasteiger partial charge is 0.448 e. The fourth-order valence-electron chi connectivity index (χ4n) is 5.55. The van der Waals surface area contributed by atoms with Gasteiger partial charge in [0, 0.05) is 49.9 Å². The Balaban J connectivity index is 1.20. The van der Waals surface area contributed by atoms with Gasteiger partial charge in [-0.3, -0.25) is 4.90 Å². The molecule has 0 saturated carbocycles. The number of hydrogen-bond acceptors (Lipinski definition) is 4. The summed E-state index contributed by atoms with van der Waals surface area (Å²) in [5, 5.41) is 0. The van der Waals surface area contributed by atoms with Gasteiger partial charge >= 0.3 is 6.09 Å².